The third kappa shape index (κ3) is 4.22. The number of hydrogen-bond acceptors (Lipinski definition) is 5. The van der Waals surface area contributed by atoms with Crippen LogP contribution >= 0.6 is 12.4 Å². The van der Waals surface area contributed by atoms with Crippen LogP contribution in [0.25, 0.3) is 0 Å². The number of halogens is 1. The molecule has 9 heteroatoms. The zero-order chi connectivity index (χ0) is 14.6. The molecular formula is C12H12ClN3O4S. The molecule has 1 aromatic carbocycles. The van der Waals surface area contributed by atoms with E-state index in [2.05, 4.69) is 9.71 Å². The second kappa shape index (κ2) is 7.11. The van der Waals surface area contributed by atoms with Crippen LogP contribution in [-0.2, 0) is 16.6 Å². The van der Waals surface area contributed by atoms with Gasteiger partial charge in [0.25, 0.3) is 5.69 Å². The molecule has 112 valence electrons. The lowest BCUT2D eigenvalue weighted by Crippen LogP contribution is -2.24. The maximum Gasteiger partial charge on any atom is 0.289 e. The quantitative estimate of drug-likeness (QED) is 0.666. The molecule has 0 atom stereocenters. The van der Waals surface area contributed by atoms with Crippen molar-refractivity contribution in [3.63, 3.8) is 0 Å². The van der Waals surface area contributed by atoms with Gasteiger partial charge in [0, 0.05) is 25.0 Å². The van der Waals surface area contributed by atoms with E-state index in [1.807, 2.05) is 0 Å². The van der Waals surface area contributed by atoms with E-state index in [9.17, 15) is 18.5 Å². The molecule has 7 nitrogen and oxygen atoms in total. The molecule has 0 unspecified atom stereocenters. The highest BCUT2D eigenvalue weighted by Crippen LogP contribution is 2.22. The van der Waals surface area contributed by atoms with Crippen LogP contribution in [0.1, 0.15) is 5.56 Å². The Hall–Kier alpha value is -2.03. The first-order chi connectivity index (χ1) is 9.50. The summed E-state index contributed by atoms with van der Waals surface area (Å²) in [7, 11) is -3.95. The molecule has 0 amide bonds. The third-order valence-corrected chi connectivity index (χ3v) is 3.99. The molecule has 1 N–H and O–H groups in total. The van der Waals surface area contributed by atoms with Crippen LogP contribution < -0.4 is 4.72 Å². The Morgan fingerprint density at radius 2 is 1.90 bits per heavy atom. The predicted octanol–water partition coefficient (Wildman–Crippen LogP) is 1.89. The first-order valence-electron chi connectivity index (χ1n) is 5.63. The highest BCUT2D eigenvalue weighted by atomic mass is 35.5. The molecule has 0 radical (unpaired) electrons. The standard InChI is InChI=1S/C12H11N3O4S.ClH/c16-15(17)11-5-1-2-6-12(11)20(18,19)14-9-10-4-3-7-13-8-10;/h1-8,14H,9H2;1H. The molecule has 0 aliphatic carbocycles. The number of nitrogens with zero attached hydrogens (tertiary/aromatic N) is 2. The zero-order valence-corrected chi connectivity index (χ0v) is 12.3. The largest absolute Gasteiger partial charge is 0.289 e. The van der Waals surface area contributed by atoms with Gasteiger partial charge >= 0.3 is 0 Å². The van der Waals surface area contributed by atoms with E-state index < -0.39 is 20.6 Å². The molecule has 0 spiro atoms. The molecule has 21 heavy (non-hydrogen) atoms. The van der Waals surface area contributed by atoms with E-state index >= 15 is 0 Å². The monoisotopic (exact) mass is 329 g/mol. The van der Waals surface area contributed by atoms with Crippen molar-refractivity contribution in [2.24, 2.45) is 0 Å². The maximum atomic E-state index is 12.1. The van der Waals surface area contributed by atoms with Gasteiger partial charge in [0.2, 0.25) is 10.0 Å². The highest BCUT2D eigenvalue weighted by Gasteiger charge is 2.24. The number of pyridine rings is 1. The Kier molecular flexibility index (Phi) is 5.77. The molecule has 0 fully saturated rings. The van der Waals surface area contributed by atoms with Crippen LogP contribution in [0.5, 0.6) is 0 Å². The first kappa shape index (κ1) is 17.0. The molecule has 0 bridgehead atoms. The van der Waals surface area contributed by atoms with Gasteiger partial charge in [-0.15, -0.1) is 12.4 Å². The van der Waals surface area contributed by atoms with Crippen molar-refractivity contribution < 1.29 is 13.3 Å². The van der Waals surface area contributed by atoms with Gasteiger partial charge in [0.05, 0.1) is 4.92 Å². The van der Waals surface area contributed by atoms with Gasteiger partial charge in [-0.1, -0.05) is 18.2 Å². The van der Waals surface area contributed by atoms with E-state index in [1.54, 1.807) is 18.3 Å². The molecule has 0 aliphatic rings. The number of nitrogens with one attached hydrogen (secondary N) is 1. The van der Waals surface area contributed by atoms with Crippen LogP contribution in [0, 0.1) is 10.1 Å². The molecule has 1 heterocycles. The molecule has 0 saturated carbocycles. The Bertz CT molecular complexity index is 722. The van der Waals surface area contributed by atoms with Crippen molar-refractivity contribution in [1.29, 1.82) is 0 Å². The SMILES string of the molecule is Cl.O=[N+]([O-])c1ccccc1S(=O)(=O)NCc1cccnc1. The molecule has 2 aromatic rings. The number of benzene rings is 1. The lowest BCUT2D eigenvalue weighted by atomic mass is 10.3. The van der Waals surface area contributed by atoms with E-state index in [0.717, 1.165) is 6.07 Å². The summed E-state index contributed by atoms with van der Waals surface area (Å²) in [5, 5.41) is 10.8. The summed E-state index contributed by atoms with van der Waals surface area (Å²) in [5.74, 6) is 0. The summed E-state index contributed by atoms with van der Waals surface area (Å²) in [5.41, 5.74) is 0.209. The summed E-state index contributed by atoms with van der Waals surface area (Å²) in [6.45, 7) is 0.0161. The van der Waals surface area contributed by atoms with Crippen LogP contribution in [0.15, 0.2) is 53.7 Å². The normalized spacial score (nSPS) is 10.7. The predicted molar refractivity (Wildman–Crippen MR) is 78.6 cm³/mol. The fourth-order valence-electron chi connectivity index (χ4n) is 1.59. The Labute approximate surface area is 127 Å². The summed E-state index contributed by atoms with van der Waals surface area (Å²) in [6, 6.07) is 8.58. The van der Waals surface area contributed by atoms with Gasteiger partial charge in [0.15, 0.2) is 4.90 Å². The molecular weight excluding hydrogens is 318 g/mol. The van der Waals surface area contributed by atoms with Crippen LogP contribution in [-0.4, -0.2) is 18.3 Å². The fourth-order valence-corrected chi connectivity index (χ4v) is 2.78. The highest BCUT2D eigenvalue weighted by molar-refractivity contribution is 7.89. The zero-order valence-electron chi connectivity index (χ0n) is 10.7. The second-order valence-corrected chi connectivity index (χ2v) is 5.65. The van der Waals surface area contributed by atoms with Gasteiger partial charge in [-0.3, -0.25) is 15.1 Å². The molecule has 0 aliphatic heterocycles. The van der Waals surface area contributed by atoms with E-state index in [-0.39, 0.29) is 23.8 Å². The Balaban J connectivity index is 0.00000220. The van der Waals surface area contributed by atoms with Gasteiger partial charge in [-0.05, 0) is 17.7 Å². The smallest absolute Gasteiger partial charge is 0.264 e. The van der Waals surface area contributed by atoms with Crippen molar-refractivity contribution in [3.05, 3.63) is 64.5 Å². The number of nitro benzene ring substituents is 1. The fraction of sp³-hybridized carbons (Fsp3) is 0.0833. The maximum absolute atomic E-state index is 12.1. The topological polar surface area (TPSA) is 102 Å². The Morgan fingerprint density at radius 1 is 1.19 bits per heavy atom. The summed E-state index contributed by atoms with van der Waals surface area (Å²) in [6.07, 6.45) is 3.09. The van der Waals surface area contributed by atoms with Crippen LogP contribution in [0.2, 0.25) is 0 Å². The Morgan fingerprint density at radius 3 is 2.52 bits per heavy atom. The minimum absolute atomic E-state index is 0. The second-order valence-electron chi connectivity index (χ2n) is 3.91. The van der Waals surface area contributed by atoms with Crippen LogP contribution in [0.4, 0.5) is 5.69 Å². The summed E-state index contributed by atoms with van der Waals surface area (Å²) >= 11 is 0. The number of hydrogen-bond donors (Lipinski definition) is 1. The number of para-hydroxylation sites is 1. The third-order valence-electron chi connectivity index (χ3n) is 2.54. The average Bonchev–Trinajstić information content (AvgIpc) is 2.46. The van der Waals surface area contributed by atoms with Crippen molar-refractivity contribution in [2.45, 2.75) is 11.4 Å². The van der Waals surface area contributed by atoms with Gasteiger partial charge in [0.1, 0.15) is 0 Å². The lowest BCUT2D eigenvalue weighted by Gasteiger charge is -2.07. The first-order valence-corrected chi connectivity index (χ1v) is 7.11. The number of nitro groups is 1. The minimum Gasteiger partial charge on any atom is -0.264 e. The number of rotatable bonds is 5. The van der Waals surface area contributed by atoms with Gasteiger partial charge in [-0.25, -0.2) is 13.1 Å². The van der Waals surface area contributed by atoms with Crippen LogP contribution in [0.3, 0.4) is 0 Å². The summed E-state index contributed by atoms with van der Waals surface area (Å²) in [4.78, 5) is 13.6. The van der Waals surface area contributed by atoms with E-state index in [0.29, 0.717) is 5.56 Å². The molecule has 2 rings (SSSR count). The van der Waals surface area contributed by atoms with E-state index in [1.165, 1.54) is 24.4 Å². The van der Waals surface area contributed by atoms with Gasteiger partial charge in [-0.2, -0.15) is 0 Å². The van der Waals surface area contributed by atoms with Crippen molar-refractivity contribution in [2.75, 3.05) is 0 Å². The molecule has 1 aromatic heterocycles. The average molecular weight is 330 g/mol. The molecule has 0 saturated heterocycles. The van der Waals surface area contributed by atoms with Crippen molar-refractivity contribution in [3.8, 4) is 0 Å². The van der Waals surface area contributed by atoms with E-state index in [4.69, 9.17) is 0 Å². The number of sulfonamides is 1. The van der Waals surface area contributed by atoms with Gasteiger partial charge < -0.3 is 0 Å². The number of aromatic nitrogens is 1. The lowest BCUT2D eigenvalue weighted by molar-refractivity contribution is -0.387. The minimum atomic E-state index is -3.95. The van der Waals surface area contributed by atoms with Crippen molar-refractivity contribution >= 4 is 28.1 Å². The summed E-state index contributed by atoms with van der Waals surface area (Å²) < 4.78 is 26.5. The van der Waals surface area contributed by atoms with Crippen molar-refractivity contribution in [1.82, 2.24) is 9.71 Å².